The van der Waals surface area contributed by atoms with Gasteiger partial charge in [0.2, 0.25) is 5.89 Å². The maximum atomic E-state index is 12.1. The van der Waals surface area contributed by atoms with Gasteiger partial charge < -0.3 is 14.5 Å². The van der Waals surface area contributed by atoms with Crippen molar-refractivity contribution in [3.05, 3.63) is 77.0 Å². The van der Waals surface area contributed by atoms with Gasteiger partial charge in [-0.2, -0.15) is 0 Å². The minimum atomic E-state index is -0.365. The third kappa shape index (κ3) is 4.47. The maximum Gasteiger partial charge on any atom is 0.308 e. The van der Waals surface area contributed by atoms with Gasteiger partial charge in [0.05, 0.1) is 13.5 Å². The van der Waals surface area contributed by atoms with E-state index in [1.807, 2.05) is 31.2 Å². The first-order valence-electron chi connectivity index (χ1n) is 8.43. The highest BCUT2D eigenvalue weighted by Crippen LogP contribution is 2.20. The quantitative estimate of drug-likeness (QED) is 0.708. The van der Waals surface area contributed by atoms with Crippen LogP contribution in [0, 0.1) is 6.92 Å². The van der Waals surface area contributed by atoms with Gasteiger partial charge in [0.25, 0.3) is 0 Å². The molecule has 0 atom stereocenters. The van der Waals surface area contributed by atoms with E-state index in [1.54, 1.807) is 7.11 Å². The molecule has 3 rings (SSSR count). The van der Waals surface area contributed by atoms with Gasteiger partial charge in [-0.1, -0.05) is 48.0 Å². The fourth-order valence-electron chi connectivity index (χ4n) is 2.58. The van der Waals surface area contributed by atoms with E-state index in [-0.39, 0.29) is 11.8 Å². The number of methoxy groups -OCH3 is 1. The highest BCUT2D eigenvalue weighted by Gasteiger charge is 2.15. The third-order valence-electron chi connectivity index (χ3n) is 4.02. The molecule has 1 aromatic heterocycles. The SMILES string of the molecule is COc1ccccc1Cc1nnc(C(=O)NCCc2ccc(C)cc2)o1. The summed E-state index contributed by atoms with van der Waals surface area (Å²) in [7, 11) is 1.61. The van der Waals surface area contributed by atoms with Crippen LogP contribution in [0.4, 0.5) is 0 Å². The molecule has 0 spiro atoms. The molecule has 134 valence electrons. The van der Waals surface area contributed by atoms with Crippen LogP contribution in [0.5, 0.6) is 5.75 Å². The molecule has 3 aromatic rings. The number of para-hydroxylation sites is 1. The monoisotopic (exact) mass is 351 g/mol. The largest absolute Gasteiger partial charge is 0.496 e. The minimum Gasteiger partial charge on any atom is -0.496 e. The van der Waals surface area contributed by atoms with Gasteiger partial charge in [-0.15, -0.1) is 10.2 Å². The molecule has 6 heteroatoms. The fraction of sp³-hybridized carbons (Fsp3) is 0.250. The van der Waals surface area contributed by atoms with Gasteiger partial charge >= 0.3 is 11.8 Å². The molecule has 0 saturated carbocycles. The highest BCUT2D eigenvalue weighted by atomic mass is 16.5. The first-order valence-corrected chi connectivity index (χ1v) is 8.43. The summed E-state index contributed by atoms with van der Waals surface area (Å²) in [5.41, 5.74) is 3.30. The number of carbonyl (C=O) groups is 1. The van der Waals surface area contributed by atoms with Crippen LogP contribution in [0.1, 0.15) is 33.3 Å². The zero-order valence-corrected chi connectivity index (χ0v) is 14.9. The van der Waals surface area contributed by atoms with E-state index >= 15 is 0 Å². The Kier molecular flexibility index (Phi) is 5.63. The van der Waals surface area contributed by atoms with Crippen LogP contribution >= 0.6 is 0 Å². The van der Waals surface area contributed by atoms with Crippen molar-refractivity contribution < 1.29 is 13.9 Å². The number of amides is 1. The van der Waals surface area contributed by atoms with Gasteiger partial charge in [0.15, 0.2) is 0 Å². The summed E-state index contributed by atoms with van der Waals surface area (Å²) in [6, 6.07) is 15.8. The summed E-state index contributed by atoms with van der Waals surface area (Å²) >= 11 is 0. The zero-order chi connectivity index (χ0) is 18.4. The lowest BCUT2D eigenvalue weighted by atomic mass is 10.1. The van der Waals surface area contributed by atoms with E-state index in [0.717, 1.165) is 17.7 Å². The second kappa shape index (κ2) is 8.29. The summed E-state index contributed by atoms with van der Waals surface area (Å²) in [5, 5.41) is 10.6. The Morgan fingerprint density at radius 3 is 2.65 bits per heavy atom. The summed E-state index contributed by atoms with van der Waals surface area (Å²) in [6.45, 7) is 2.55. The van der Waals surface area contributed by atoms with E-state index < -0.39 is 0 Å². The number of ether oxygens (including phenoxy) is 1. The lowest BCUT2D eigenvalue weighted by molar-refractivity contribution is 0.0918. The van der Waals surface area contributed by atoms with Crippen molar-refractivity contribution >= 4 is 5.91 Å². The van der Waals surface area contributed by atoms with E-state index in [9.17, 15) is 4.79 Å². The predicted octanol–water partition coefficient (Wildman–Crippen LogP) is 2.95. The van der Waals surface area contributed by atoms with E-state index in [2.05, 4.69) is 39.8 Å². The smallest absolute Gasteiger partial charge is 0.308 e. The van der Waals surface area contributed by atoms with Crippen LogP contribution in [0.3, 0.4) is 0 Å². The normalized spacial score (nSPS) is 10.5. The topological polar surface area (TPSA) is 77.2 Å². The Bertz CT molecular complexity index is 872. The molecule has 26 heavy (non-hydrogen) atoms. The molecule has 1 heterocycles. The van der Waals surface area contributed by atoms with Crippen molar-refractivity contribution in [3.63, 3.8) is 0 Å². The standard InChI is InChI=1S/C20H21N3O3/c1-14-7-9-15(10-8-14)11-12-21-19(24)20-23-22-18(26-20)13-16-5-3-4-6-17(16)25-2/h3-10H,11-13H2,1-2H3,(H,21,24). The van der Waals surface area contributed by atoms with Crippen molar-refractivity contribution in [2.75, 3.05) is 13.7 Å². The van der Waals surface area contributed by atoms with Gasteiger partial charge in [0, 0.05) is 12.1 Å². The maximum absolute atomic E-state index is 12.1. The van der Waals surface area contributed by atoms with Crippen molar-refractivity contribution in [2.45, 2.75) is 19.8 Å². The van der Waals surface area contributed by atoms with Crippen LogP contribution in [-0.2, 0) is 12.8 Å². The van der Waals surface area contributed by atoms with Crippen LogP contribution in [0.15, 0.2) is 52.9 Å². The Morgan fingerprint density at radius 2 is 1.88 bits per heavy atom. The van der Waals surface area contributed by atoms with Gasteiger partial charge in [-0.3, -0.25) is 4.79 Å². The zero-order valence-electron chi connectivity index (χ0n) is 14.9. The van der Waals surface area contributed by atoms with Crippen LogP contribution in [0.2, 0.25) is 0 Å². The molecule has 0 aliphatic rings. The first-order chi connectivity index (χ1) is 12.7. The number of benzene rings is 2. The average Bonchev–Trinajstić information content (AvgIpc) is 3.12. The van der Waals surface area contributed by atoms with Gasteiger partial charge in [0.1, 0.15) is 5.75 Å². The Morgan fingerprint density at radius 1 is 1.12 bits per heavy atom. The molecular weight excluding hydrogens is 330 g/mol. The number of carbonyl (C=O) groups excluding carboxylic acids is 1. The van der Waals surface area contributed by atoms with Gasteiger partial charge in [-0.25, -0.2) is 0 Å². The van der Waals surface area contributed by atoms with Crippen molar-refractivity contribution in [1.29, 1.82) is 0 Å². The molecular formula is C20H21N3O3. The van der Waals surface area contributed by atoms with Crippen molar-refractivity contribution in [3.8, 4) is 5.75 Å². The second-order valence-corrected chi connectivity index (χ2v) is 5.98. The number of aromatic nitrogens is 2. The lowest BCUT2D eigenvalue weighted by Gasteiger charge is -2.05. The third-order valence-corrected chi connectivity index (χ3v) is 4.02. The molecule has 1 amide bonds. The molecule has 0 saturated heterocycles. The van der Waals surface area contributed by atoms with Crippen LogP contribution in [-0.4, -0.2) is 29.8 Å². The molecule has 0 aliphatic carbocycles. The molecule has 0 radical (unpaired) electrons. The molecule has 0 bridgehead atoms. The first kappa shape index (κ1) is 17.7. The lowest BCUT2D eigenvalue weighted by Crippen LogP contribution is -2.26. The summed E-state index contributed by atoms with van der Waals surface area (Å²) in [6.07, 6.45) is 1.15. The Labute approximate surface area is 152 Å². The fourth-order valence-corrected chi connectivity index (χ4v) is 2.58. The molecule has 2 aromatic carbocycles. The summed E-state index contributed by atoms with van der Waals surface area (Å²) in [4.78, 5) is 12.1. The molecule has 0 aliphatic heterocycles. The highest BCUT2D eigenvalue weighted by molar-refractivity contribution is 5.89. The minimum absolute atomic E-state index is 0.0289. The average molecular weight is 351 g/mol. The van der Waals surface area contributed by atoms with E-state index in [4.69, 9.17) is 9.15 Å². The molecule has 0 unspecified atom stereocenters. The number of aryl methyl sites for hydroxylation is 1. The Balaban J connectivity index is 1.55. The van der Waals surface area contributed by atoms with Crippen molar-refractivity contribution in [1.82, 2.24) is 15.5 Å². The Hall–Kier alpha value is -3.15. The van der Waals surface area contributed by atoms with Crippen molar-refractivity contribution in [2.24, 2.45) is 0 Å². The van der Waals surface area contributed by atoms with Crippen LogP contribution in [0.25, 0.3) is 0 Å². The van der Waals surface area contributed by atoms with E-state index in [0.29, 0.717) is 18.9 Å². The second-order valence-electron chi connectivity index (χ2n) is 5.98. The number of hydrogen-bond acceptors (Lipinski definition) is 5. The summed E-state index contributed by atoms with van der Waals surface area (Å²) < 4.78 is 10.8. The number of nitrogens with zero attached hydrogens (tertiary/aromatic N) is 2. The summed E-state index contributed by atoms with van der Waals surface area (Å²) in [5.74, 6) is 0.725. The molecule has 1 N–H and O–H groups in total. The predicted molar refractivity (Wildman–Crippen MR) is 97.3 cm³/mol. The molecule has 0 fully saturated rings. The number of nitrogens with one attached hydrogen (secondary N) is 1. The van der Waals surface area contributed by atoms with Crippen LogP contribution < -0.4 is 10.1 Å². The number of rotatable bonds is 7. The number of hydrogen-bond donors (Lipinski definition) is 1. The van der Waals surface area contributed by atoms with E-state index in [1.165, 1.54) is 11.1 Å². The molecule has 6 nitrogen and oxygen atoms in total. The van der Waals surface area contributed by atoms with Gasteiger partial charge in [-0.05, 0) is 25.0 Å².